The summed E-state index contributed by atoms with van der Waals surface area (Å²) in [5.74, 6) is 0. The number of fused-ring (bicyclic) bond motifs is 7. The Hall–Kier alpha value is -8.52. The van der Waals surface area contributed by atoms with Gasteiger partial charge in [-0.05, 0) is 143 Å². The molecule has 0 bridgehead atoms. The summed E-state index contributed by atoms with van der Waals surface area (Å²) >= 11 is 0. The van der Waals surface area contributed by atoms with E-state index in [-0.39, 0.29) is 0 Å². The molecule has 0 unspecified atom stereocenters. The maximum absolute atomic E-state index is 2.47. The Morgan fingerprint density at radius 1 is 0.294 bits per heavy atom. The lowest BCUT2D eigenvalue weighted by molar-refractivity contribution is 0.768. The van der Waals surface area contributed by atoms with E-state index in [4.69, 9.17) is 0 Å². The lowest BCUT2D eigenvalue weighted by Gasteiger charge is -2.33. The summed E-state index contributed by atoms with van der Waals surface area (Å²) < 4.78 is 0. The van der Waals surface area contributed by atoms with Gasteiger partial charge in [-0.1, -0.05) is 218 Å². The number of nitrogens with zero attached hydrogens (tertiary/aromatic N) is 1. The van der Waals surface area contributed by atoms with Crippen LogP contribution >= 0.6 is 0 Å². The van der Waals surface area contributed by atoms with Crippen LogP contribution in [0.5, 0.6) is 0 Å². The molecule has 1 aliphatic carbocycles. The molecule has 0 aromatic heterocycles. The van der Waals surface area contributed by atoms with Crippen molar-refractivity contribution in [1.82, 2.24) is 0 Å². The molecule has 1 heteroatoms. The molecule has 0 spiro atoms. The Labute approximate surface area is 397 Å². The third-order valence-corrected chi connectivity index (χ3v) is 14.8. The second kappa shape index (κ2) is 15.8. The number of anilines is 3. The van der Waals surface area contributed by atoms with Gasteiger partial charge in [0.05, 0.1) is 16.8 Å². The van der Waals surface area contributed by atoms with Crippen molar-refractivity contribution in [2.45, 2.75) is 19.3 Å². The number of hydrogen-bond donors (Lipinski definition) is 0. The molecule has 0 N–H and O–H groups in total. The Morgan fingerprint density at radius 3 is 1.21 bits per heavy atom. The number of hydrogen-bond acceptors (Lipinski definition) is 1. The first-order chi connectivity index (χ1) is 33.6. The van der Waals surface area contributed by atoms with Crippen molar-refractivity contribution in [3.8, 4) is 33.4 Å². The molecule has 0 saturated heterocycles. The van der Waals surface area contributed by atoms with E-state index in [2.05, 4.69) is 267 Å². The van der Waals surface area contributed by atoms with Crippen molar-refractivity contribution < 1.29 is 0 Å². The van der Waals surface area contributed by atoms with E-state index >= 15 is 0 Å². The monoisotopic (exact) mass is 865 g/mol. The molecule has 0 heterocycles. The van der Waals surface area contributed by atoms with Crippen molar-refractivity contribution >= 4 is 60.2 Å². The second-order valence-corrected chi connectivity index (χ2v) is 18.4. The first-order valence-electron chi connectivity index (χ1n) is 23.8. The molecule has 0 fully saturated rings. The van der Waals surface area contributed by atoms with Gasteiger partial charge >= 0.3 is 0 Å². The number of rotatable bonds is 7. The van der Waals surface area contributed by atoms with Gasteiger partial charge in [-0.25, -0.2) is 0 Å². The normalized spacial score (nSPS) is 12.7. The lowest BCUT2D eigenvalue weighted by Crippen LogP contribution is -2.28. The average Bonchev–Trinajstić information content (AvgIpc) is 3.70. The molecule has 68 heavy (non-hydrogen) atoms. The van der Waals surface area contributed by atoms with Crippen molar-refractivity contribution in [2.75, 3.05) is 4.90 Å². The third kappa shape index (κ3) is 5.95. The van der Waals surface area contributed by atoms with Crippen LogP contribution < -0.4 is 4.90 Å². The molecule has 0 saturated carbocycles. The zero-order valence-corrected chi connectivity index (χ0v) is 38.1. The maximum atomic E-state index is 2.47. The molecule has 0 radical (unpaired) electrons. The third-order valence-electron chi connectivity index (χ3n) is 14.8. The highest BCUT2D eigenvalue weighted by molar-refractivity contribution is 6.21. The fourth-order valence-corrected chi connectivity index (χ4v) is 11.8. The van der Waals surface area contributed by atoms with Crippen LogP contribution in [0.25, 0.3) is 76.5 Å². The van der Waals surface area contributed by atoms with Crippen LogP contribution in [-0.4, -0.2) is 0 Å². The highest BCUT2D eigenvalue weighted by Gasteiger charge is 2.46. The van der Waals surface area contributed by atoms with E-state index in [9.17, 15) is 0 Å². The van der Waals surface area contributed by atoms with Crippen molar-refractivity contribution in [3.05, 3.63) is 282 Å². The van der Waals surface area contributed by atoms with Crippen LogP contribution in [0.15, 0.2) is 249 Å². The summed E-state index contributed by atoms with van der Waals surface area (Å²) in [4.78, 5) is 2.46. The van der Waals surface area contributed by atoms with Gasteiger partial charge < -0.3 is 4.90 Å². The first kappa shape index (κ1) is 39.8. The fraction of sp³-hybridized carbons (Fsp3) is 0.0448. The van der Waals surface area contributed by atoms with Crippen LogP contribution in [-0.2, 0) is 5.41 Å². The second-order valence-electron chi connectivity index (χ2n) is 18.4. The molecule has 13 rings (SSSR count). The van der Waals surface area contributed by atoms with Crippen molar-refractivity contribution in [3.63, 3.8) is 0 Å². The number of aryl methyl sites for hydroxylation is 2. The average molecular weight is 866 g/mol. The predicted octanol–water partition coefficient (Wildman–Crippen LogP) is 18.1. The van der Waals surface area contributed by atoms with E-state index in [0.717, 1.165) is 17.1 Å². The van der Waals surface area contributed by atoms with Gasteiger partial charge in [0.15, 0.2) is 0 Å². The smallest absolute Gasteiger partial charge is 0.0713 e. The Bertz CT molecular complexity index is 3740. The van der Waals surface area contributed by atoms with Gasteiger partial charge in [0.1, 0.15) is 0 Å². The van der Waals surface area contributed by atoms with Crippen molar-refractivity contribution in [2.24, 2.45) is 0 Å². The van der Waals surface area contributed by atoms with Crippen LogP contribution in [0, 0.1) is 13.8 Å². The van der Waals surface area contributed by atoms with E-state index in [0.29, 0.717) is 0 Å². The van der Waals surface area contributed by atoms with Crippen molar-refractivity contribution in [1.29, 1.82) is 0 Å². The zero-order valence-electron chi connectivity index (χ0n) is 38.1. The van der Waals surface area contributed by atoms with Gasteiger partial charge in [0.2, 0.25) is 0 Å². The first-order valence-corrected chi connectivity index (χ1v) is 23.8. The quantitative estimate of drug-likeness (QED) is 0.144. The van der Waals surface area contributed by atoms with Crippen LogP contribution in [0.4, 0.5) is 17.1 Å². The van der Waals surface area contributed by atoms with Gasteiger partial charge in [-0.15, -0.1) is 0 Å². The molecule has 0 amide bonds. The van der Waals surface area contributed by atoms with Crippen LogP contribution in [0.2, 0.25) is 0 Å². The summed E-state index contributed by atoms with van der Waals surface area (Å²) in [5.41, 5.74) is 18.2. The predicted molar refractivity (Wildman–Crippen MR) is 289 cm³/mol. The van der Waals surface area contributed by atoms with Crippen LogP contribution in [0.1, 0.15) is 33.4 Å². The Balaban J connectivity index is 0.999. The molecule has 12 aromatic rings. The molecule has 1 aliphatic rings. The largest absolute Gasteiger partial charge is 0.309 e. The SMILES string of the molecule is Cc1ccc(N(c2ccc(-c3c4ccccc4c(-c4ccc5c(c4)-c4ccccc4C5(c4ccccc4)c4ccccc4)c4ccccc34)cc2)c2ccc(C)c3ccccc23)c2ccccc12. The summed E-state index contributed by atoms with van der Waals surface area (Å²) in [6, 6.07) is 92.5. The highest BCUT2D eigenvalue weighted by Crippen LogP contribution is 2.57. The zero-order chi connectivity index (χ0) is 45.3. The molecular weight excluding hydrogens is 819 g/mol. The standard InChI is InChI=1S/C67H47N/c1-44-33-41-63(54-26-11-9-23-51(44)54)68(64-42-34-45(2)52-24-10-12-27-55(52)64)50-38-35-46(36-39-50)65-56-28-13-15-30-58(56)66(59-31-16-14-29-57(59)65)47-37-40-62-60(43-47)53-25-17-18-32-61(53)67(62,48-19-5-3-6-20-48)49-21-7-4-8-22-49/h3-43H,1-2H3. The minimum Gasteiger partial charge on any atom is -0.309 e. The summed E-state index contributed by atoms with van der Waals surface area (Å²) in [6.45, 7) is 4.41. The van der Waals surface area contributed by atoms with E-state index in [1.807, 2.05) is 0 Å². The molecule has 0 aliphatic heterocycles. The van der Waals surface area contributed by atoms with E-state index < -0.39 is 5.41 Å². The van der Waals surface area contributed by atoms with Gasteiger partial charge in [0, 0.05) is 16.5 Å². The summed E-state index contributed by atoms with van der Waals surface area (Å²) in [6.07, 6.45) is 0. The minimum atomic E-state index is -0.443. The van der Waals surface area contributed by atoms with E-state index in [1.165, 1.54) is 110 Å². The summed E-state index contributed by atoms with van der Waals surface area (Å²) in [7, 11) is 0. The topological polar surface area (TPSA) is 3.24 Å². The van der Waals surface area contributed by atoms with Crippen LogP contribution in [0.3, 0.4) is 0 Å². The lowest BCUT2D eigenvalue weighted by atomic mass is 9.67. The fourth-order valence-electron chi connectivity index (χ4n) is 11.8. The molecular formula is C67H47N. The van der Waals surface area contributed by atoms with E-state index in [1.54, 1.807) is 0 Å². The molecule has 320 valence electrons. The maximum Gasteiger partial charge on any atom is 0.0713 e. The van der Waals surface area contributed by atoms with Gasteiger partial charge in [-0.2, -0.15) is 0 Å². The molecule has 12 aromatic carbocycles. The minimum absolute atomic E-state index is 0.443. The highest BCUT2D eigenvalue weighted by atomic mass is 15.1. The Morgan fingerprint density at radius 2 is 0.691 bits per heavy atom. The molecule has 1 nitrogen and oxygen atoms in total. The van der Waals surface area contributed by atoms with Gasteiger partial charge in [0.25, 0.3) is 0 Å². The Kier molecular flexibility index (Phi) is 9.27. The van der Waals surface area contributed by atoms with Gasteiger partial charge in [-0.3, -0.25) is 0 Å². The molecule has 0 atom stereocenters. The summed E-state index contributed by atoms with van der Waals surface area (Å²) in [5, 5.41) is 9.96. The number of benzene rings is 12.